The molecule has 0 atom stereocenters. The van der Waals surface area contributed by atoms with Gasteiger partial charge < -0.3 is 4.74 Å². The summed E-state index contributed by atoms with van der Waals surface area (Å²) >= 11 is 0. The molecule has 3 heterocycles. The van der Waals surface area contributed by atoms with Crippen LogP contribution in [0.15, 0.2) is 120 Å². The Kier molecular flexibility index (Phi) is 7.70. The van der Waals surface area contributed by atoms with Crippen molar-refractivity contribution in [2.24, 2.45) is 0 Å². The van der Waals surface area contributed by atoms with Crippen molar-refractivity contribution in [3.05, 3.63) is 137 Å². The van der Waals surface area contributed by atoms with Gasteiger partial charge in [-0.05, 0) is 54.8 Å². The average Bonchev–Trinajstić information content (AvgIpc) is 3.03. The van der Waals surface area contributed by atoms with Crippen LogP contribution in [0.25, 0.3) is 28.1 Å². The summed E-state index contributed by atoms with van der Waals surface area (Å²) in [6.07, 6.45) is 5.55. The molecule has 1 fully saturated rings. The standard InChI is InChI=1S/C35H30N4O2/c36-23-27-11-4-5-14-32(27)33-21-28(34-15-6-7-18-37-34)25-39(35(33)40)29-12-8-13-31(22-29)41-30-16-19-38(20-17-30)24-26-9-2-1-3-10-26/h1-15,18,21-22,25,30H,16-17,19-20,24H2. The van der Waals surface area contributed by atoms with Crippen molar-refractivity contribution in [2.75, 3.05) is 13.1 Å². The second-order valence-corrected chi connectivity index (χ2v) is 10.3. The smallest absolute Gasteiger partial charge is 0.263 e. The van der Waals surface area contributed by atoms with Gasteiger partial charge in [0.15, 0.2) is 0 Å². The van der Waals surface area contributed by atoms with Crippen molar-refractivity contribution in [2.45, 2.75) is 25.5 Å². The first-order valence-corrected chi connectivity index (χ1v) is 13.9. The number of aromatic nitrogens is 2. The summed E-state index contributed by atoms with van der Waals surface area (Å²) in [4.78, 5) is 20.9. The maximum absolute atomic E-state index is 13.9. The lowest BCUT2D eigenvalue weighted by molar-refractivity contribution is 0.0968. The quantitative estimate of drug-likeness (QED) is 0.237. The first kappa shape index (κ1) is 26.2. The number of pyridine rings is 2. The zero-order chi connectivity index (χ0) is 28.0. The third kappa shape index (κ3) is 5.96. The number of hydrogen-bond acceptors (Lipinski definition) is 5. The predicted octanol–water partition coefficient (Wildman–Crippen LogP) is 6.48. The molecule has 0 aliphatic carbocycles. The largest absolute Gasteiger partial charge is 0.490 e. The Morgan fingerprint density at radius 2 is 1.63 bits per heavy atom. The topological polar surface area (TPSA) is 71.2 Å². The van der Waals surface area contributed by atoms with E-state index >= 15 is 0 Å². The first-order chi connectivity index (χ1) is 20.2. The summed E-state index contributed by atoms with van der Waals surface area (Å²) in [5.74, 6) is 0.734. The van der Waals surface area contributed by atoms with Gasteiger partial charge in [-0.15, -0.1) is 0 Å². The van der Waals surface area contributed by atoms with Crippen LogP contribution in [0.1, 0.15) is 24.0 Å². The molecule has 0 unspecified atom stereocenters. The number of hydrogen-bond donors (Lipinski definition) is 0. The molecule has 0 bridgehead atoms. The Bertz CT molecular complexity index is 1730. The van der Waals surface area contributed by atoms with E-state index in [1.54, 1.807) is 22.9 Å². The van der Waals surface area contributed by atoms with E-state index in [4.69, 9.17) is 4.74 Å². The molecule has 202 valence electrons. The molecule has 0 amide bonds. The van der Waals surface area contributed by atoms with Gasteiger partial charge >= 0.3 is 0 Å². The molecule has 2 aromatic heterocycles. The van der Waals surface area contributed by atoms with Crippen LogP contribution < -0.4 is 10.3 Å². The van der Waals surface area contributed by atoms with Gasteiger partial charge in [0.2, 0.25) is 0 Å². The van der Waals surface area contributed by atoms with E-state index in [1.807, 2.05) is 72.9 Å². The highest BCUT2D eigenvalue weighted by atomic mass is 16.5. The minimum atomic E-state index is -0.209. The van der Waals surface area contributed by atoms with Crippen LogP contribution in [0.4, 0.5) is 0 Å². The highest BCUT2D eigenvalue weighted by Gasteiger charge is 2.21. The van der Waals surface area contributed by atoms with Crippen LogP contribution in [0.5, 0.6) is 5.75 Å². The van der Waals surface area contributed by atoms with Crippen molar-refractivity contribution < 1.29 is 4.74 Å². The minimum Gasteiger partial charge on any atom is -0.490 e. The Hall–Kier alpha value is -4.99. The van der Waals surface area contributed by atoms with Crippen LogP contribution >= 0.6 is 0 Å². The molecule has 41 heavy (non-hydrogen) atoms. The maximum atomic E-state index is 13.9. The van der Waals surface area contributed by atoms with E-state index in [1.165, 1.54) is 5.56 Å². The van der Waals surface area contributed by atoms with Crippen LogP contribution in [-0.2, 0) is 6.54 Å². The SMILES string of the molecule is N#Cc1ccccc1-c1cc(-c2ccccn2)cn(-c2cccc(OC3CCN(Cc4ccccc4)CC3)c2)c1=O. The number of benzene rings is 3. The van der Waals surface area contributed by atoms with Gasteiger partial charge in [0.1, 0.15) is 11.9 Å². The molecular weight excluding hydrogens is 508 g/mol. The molecule has 1 aliphatic heterocycles. The zero-order valence-corrected chi connectivity index (χ0v) is 22.7. The van der Waals surface area contributed by atoms with Crippen LogP contribution in [0.2, 0.25) is 0 Å². The Morgan fingerprint density at radius 3 is 2.41 bits per heavy atom. The number of nitriles is 1. The Balaban J connectivity index is 1.28. The second kappa shape index (κ2) is 12.0. The van der Waals surface area contributed by atoms with Crippen molar-refractivity contribution in [3.63, 3.8) is 0 Å². The van der Waals surface area contributed by atoms with E-state index in [-0.39, 0.29) is 11.7 Å². The number of nitrogens with zero attached hydrogens (tertiary/aromatic N) is 4. The highest BCUT2D eigenvalue weighted by Crippen LogP contribution is 2.27. The predicted molar refractivity (Wildman–Crippen MR) is 161 cm³/mol. The molecular formula is C35H30N4O2. The third-order valence-electron chi connectivity index (χ3n) is 7.50. The summed E-state index contributed by atoms with van der Waals surface area (Å²) in [5, 5.41) is 9.73. The molecule has 1 saturated heterocycles. The summed E-state index contributed by atoms with van der Waals surface area (Å²) < 4.78 is 8.05. The van der Waals surface area contributed by atoms with Gasteiger partial charge in [-0.25, -0.2) is 0 Å². The van der Waals surface area contributed by atoms with Crippen LogP contribution in [-0.4, -0.2) is 33.6 Å². The number of piperidine rings is 1. The van der Waals surface area contributed by atoms with Crippen molar-refractivity contribution >= 4 is 0 Å². The monoisotopic (exact) mass is 538 g/mol. The summed E-state index contributed by atoms with van der Waals surface area (Å²) in [7, 11) is 0. The Labute approximate surface area is 239 Å². The van der Waals surface area contributed by atoms with Crippen LogP contribution in [0, 0.1) is 11.3 Å². The Morgan fingerprint density at radius 1 is 0.854 bits per heavy atom. The fourth-order valence-electron chi connectivity index (χ4n) is 5.38. The molecule has 0 saturated carbocycles. The average molecular weight is 539 g/mol. The summed E-state index contributed by atoms with van der Waals surface area (Å²) in [5.41, 5.74) is 4.83. The fourth-order valence-corrected chi connectivity index (χ4v) is 5.38. The van der Waals surface area contributed by atoms with Gasteiger partial charge in [0, 0.05) is 54.8 Å². The van der Waals surface area contributed by atoms with E-state index in [0.717, 1.165) is 49.5 Å². The lowest BCUT2D eigenvalue weighted by Crippen LogP contribution is -2.37. The maximum Gasteiger partial charge on any atom is 0.263 e. The van der Waals surface area contributed by atoms with E-state index in [0.29, 0.717) is 22.4 Å². The fraction of sp³-hybridized carbons (Fsp3) is 0.171. The molecule has 0 radical (unpaired) electrons. The highest BCUT2D eigenvalue weighted by molar-refractivity contribution is 5.75. The molecule has 3 aromatic carbocycles. The van der Waals surface area contributed by atoms with E-state index in [9.17, 15) is 10.1 Å². The first-order valence-electron chi connectivity index (χ1n) is 13.9. The molecule has 0 spiro atoms. The second-order valence-electron chi connectivity index (χ2n) is 10.3. The molecule has 5 aromatic rings. The van der Waals surface area contributed by atoms with Gasteiger partial charge in [-0.2, -0.15) is 5.26 Å². The van der Waals surface area contributed by atoms with Crippen LogP contribution in [0.3, 0.4) is 0 Å². The van der Waals surface area contributed by atoms with Crippen molar-refractivity contribution in [3.8, 4) is 39.9 Å². The van der Waals surface area contributed by atoms with Gasteiger partial charge in [-0.3, -0.25) is 19.2 Å². The lowest BCUT2D eigenvalue weighted by Gasteiger charge is -2.32. The number of likely N-dealkylation sites (tertiary alicyclic amines) is 1. The number of rotatable bonds is 7. The van der Waals surface area contributed by atoms with Gasteiger partial charge in [-0.1, -0.05) is 60.7 Å². The normalized spacial score (nSPS) is 13.9. The van der Waals surface area contributed by atoms with Gasteiger partial charge in [0.25, 0.3) is 5.56 Å². The van der Waals surface area contributed by atoms with Crippen molar-refractivity contribution in [1.29, 1.82) is 5.26 Å². The van der Waals surface area contributed by atoms with E-state index < -0.39 is 0 Å². The van der Waals surface area contributed by atoms with Crippen molar-refractivity contribution in [1.82, 2.24) is 14.5 Å². The summed E-state index contributed by atoms with van der Waals surface area (Å²) in [6, 6.07) is 35.1. The van der Waals surface area contributed by atoms with E-state index in [2.05, 4.69) is 40.2 Å². The zero-order valence-electron chi connectivity index (χ0n) is 22.7. The summed E-state index contributed by atoms with van der Waals surface area (Å²) in [6.45, 7) is 2.91. The minimum absolute atomic E-state index is 0.118. The number of ether oxygens (including phenoxy) is 1. The third-order valence-corrected chi connectivity index (χ3v) is 7.50. The molecule has 6 heteroatoms. The molecule has 0 N–H and O–H groups in total. The molecule has 6 rings (SSSR count). The van der Waals surface area contributed by atoms with Gasteiger partial charge in [0.05, 0.1) is 23.0 Å². The molecule has 1 aliphatic rings. The molecule has 6 nitrogen and oxygen atoms in total. The lowest BCUT2D eigenvalue weighted by atomic mass is 9.99.